The van der Waals surface area contributed by atoms with Crippen LogP contribution in [0.15, 0.2) is 48.5 Å². The molecule has 35 heavy (non-hydrogen) atoms. The highest BCUT2D eigenvalue weighted by molar-refractivity contribution is 5.98. The predicted octanol–water partition coefficient (Wildman–Crippen LogP) is 2.77. The lowest BCUT2D eigenvalue weighted by atomic mass is 9.88. The van der Waals surface area contributed by atoms with Crippen molar-refractivity contribution in [2.75, 3.05) is 26.4 Å². The van der Waals surface area contributed by atoms with Crippen LogP contribution in [0.4, 0.5) is 0 Å². The van der Waals surface area contributed by atoms with E-state index >= 15 is 0 Å². The highest BCUT2D eigenvalue weighted by Gasteiger charge is 2.34. The number of piperidine rings is 1. The van der Waals surface area contributed by atoms with Gasteiger partial charge < -0.3 is 25.0 Å². The lowest BCUT2D eigenvalue weighted by molar-refractivity contribution is -0.132. The van der Waals surface area contributed by atoms with Crippen LogP contribution in [-0.4, -0.2) is 55.1 Å². The van der Waals surface area contributed by atoms with Gasteiger partial charge in [0.15, 0.2) is 11.5 Å². The summed E-state index contributed by atoms with van der Waals surface area (Å²) in [6.45, 7) is 5.83. The van der Waals surface area contributed by atoms with E-state index in [2.05, 4.69) is 10.6 Å². The molecule has 0 radical (unpaired) electrons. The number of amides is 3. The summed E-state index contributed by atoms with van der Waals surface area (Å²) in [5, 5.41) is 5.92. The number of benzene rings is 2. The second-order valence-electron chi connectivity index (χ2n) is 9.54. The third kappa shape index (κ3) is 6.32. The van der Waals surface area contributed by atoms with E-state index in [1.807, 2.05) is 49.1 Å². The zero-order valence-corrected chi connectivity index (χ0v) is 20.3. The van der Waals surface area contributed by atoms with Crippen LogP contribution in [0.1, 0.15) is 42.6 Å². The number of fused-ring (bicyclic) bond motifs is 1. The third-order valence-corrected chi connectivity index (χ3v) is 6.45. The highest BCUT2D eigenvalue weighted by atomic mass is 16.7. The van der Waals surface area contributed by atoms with E-state index in [4.69, 9.17) is 9.47 Å². The Labute approximate surface area is 206 Å². The molecule has 2 aliphatic rings. The molecule has 0 aliphatic carbocycles. The number of nitrogens with zero attached hydrogens (tertiary/aromatic N) is 1. The van der Waals surface area contributed by atoms with E-state index in [0.29, 0.717) is 61.9 Å². The molecule has 2 aromatic rings. The molecule has 4 rings (SSSR count). The lowest BCUT2D eigenvalue weighted by Crippen LogP contribution is -2.54. The van der Waals surface area contributed by atoms with Gasteiger partial charge in [0, 0.05) is 25.2 Å². The van der Waals surface area contributed by atoms with Crippen LogP contribution in [0, 0.1) is 11.8 Å². The summed E-state index contributed by atoms with van der Waals surface area (Å²) in [5.41, 5.74) is 1.40. The number of rotatable bonds is 8. The summed E-state index contributed by atoms with van der Waals surface area (Å²) in [5.74, 6) is 0.892. The minimum atomic E-state index is -0.682. The van der Waals surface area contributed by atoms with Crippen LogP contribution >= 0.6 is 0 Å². The van der Waals surface area contributed by atoms with Gasteiger partial charge in [-0.3, -0.25) is 14.4 Å². The predicted molar refractivity (Wildman–Crippen MR) is 131 cm³/mol. The normalized spacial score (nSPS) is 16.1. The number of carbonyl (C=O) groups excluding carboxylic acids is 3. The Balaban J connectivity index is 1.40. The van der Waals surface area contributed by atoms with Gasteiger partial charge in [0.2, 0.25) is 18.6 Å². The molecule has 0 unspecified atom stereocenters. The lowest BCUT2D eigenvalue weighted by Gasteiger charge is -2.36. The molecule has 0 saturated carbocycles. The second kappa shape index (κ2) is 11.3. The van der Waals surface area contributed by atoms with E-state index in [1.165, 1.54) is 0 Å². The van der Waals surface area contributed by atoms with Crippen molar-refractivity contribution in [3.05, 3.63) is 59.7 Å². The van der Waals surface area contributed by atoms with Gasteiger partial charge >= 0.3 is 0 Å². The molecule has 2 aromatic carbocycles. The Morgan fingerprint density at radius 2 is 1.71 bits per heavy atom. The number of likely N-dealkylation sites (tertiary alicyclic amines) is 1. The summed E-state index contributed by atoms with van der Waals surface area (Å²) in [4.78, 5) is 40.8. The fraction of sp³-hybridized carbons (Fsp3) is 0.444. The monoisotopic (exact) mass is 479 g/mol. The number of carbonyl (C=O) groups is 3. The van der Waals surface area contributed by atoms with E-state index in [-0.39, 0.29) is 30.4 Å². The molecular formula is C27H33N3O5. The molecule has 1 fully saturated rings. The molecule has 3 amide bonds. The van der Waals surface area contributed by atoms with Gasteiger partial charge in [0.25, 0.3) is 5.91 Å². The van der Waals surface area contributed by atoms with Crippen LogP contribution in [-0.2, 0) is 16.0 Å². The quantitative estimate of drug-likeness (QED) is 0.607. The molecule has 2 N–H and O–H groups in total. The summed E-state index contributed by atoms with van der Waals surface area (Å²) < 4.78 is 10.7. The zero-order valence-electron chi connectivity index (χ0n) is 20.3. The molecule has 8 heteroatoms. The molecule has 0 bridgehead atoms. The van der Waals surface area contributed by atoms with Gasteiger partial charge in [0.1, 0.15) is 6.04 Å². The third-order valence-electron chi connectivity index (χ3n) is 6.45. The minimum absolute atomic E-state index is 0.0686. The minimum Gasteiger partial charge on any atom is -0.454 e. The van der Waals surface area contributed by atoms with Crippen LogP contribution in [0.2, 0.25) is 0 Å². The molecule has 2 heterocycles. The van der Waals surface area contributed by atoms with Gasteiger partial charge in [0.05, 0.1) is 6.42 Å². The first kappa shape index (κ1) is 24.6. The standard InChI is InChI=1S/C27H33N3O5/c1-18(2)16-28-27(33)25(29-26(32)21-8-9-22-23(15-21)35-17-34-22)20-10-12-30(13-11-20)24(31)14-19-6-4-3-5-7-19/h3-9,15,18,20,25H,10-14,16-17H2,1-2H3,(H,28,33)(H,29,32)/t25-/m1/s1. The zero-order chi connectivity index (χ0) is 24.8. The maximum atomic E-state index is 13.1. The number of hydrogen-bond donors (Lipinski definition) is 2. The van der Waals surface area contributed by atoms with Gasteiger partial charge in [-0.1, -0.05) is 44.2 Å². The molecular weight excluding hydrogens is 446 g/mol. The fourth-order valence-corrected chi connectivity index (χ4v) is 4.44. The first-order chi connectivity index (χ1) is 16.9. The van der Waals surface area contributed by atoms with Crippen molar-refractivity contribution >= 4 is 17.7 Å². The molecule has 2 aliphatic heterocycles. The molecule has 1 saturated heterocycles. The average Bonchev–Trinajstić information content (AvgIpc) is 3.34. The Kier molecular flexibility index (Phi) is 7.90. The average molecular weight is 480 g/mol. The Bertz CT molecular complexity index is 1050. The molecule has 186 valence electrons. The van der Waals surface area contributed by atoms with Crippen molar-refractivity contribution in [3.63, 3.8) is 0 Å². The van der Waals surface area contributed by atoms with Crippen LogP contribution in [0.25, 0.3) is 0 Å². The molecule has 0 aromatic heterocycles. The second-order valence-corrected chi connectivity index (χ2v) is 9.54. The number of nitrogens with one attached hydrogen (secondary N) is 2. The van der Waals surface area contributed by atoms with Gasteiger partial charge in [-0.2, -0.15) is 0 Å². The SMILES string of the molecule is CC(C)CNC(=O)[C@H](NC(=O)c1ccc2c(c1)OCO2)C1CCN(C(=O)Cc2ccccc2)CC1. The fourth-order valence-electron chi connectivity index (χ4n) is 4.44. The number of ether oxygens (including phenoxy) is 2. The first-order valence-corrected chi connectivity index (χ1v) is 12.2. The van der Waals surface area contributed by atoms with E-state index in [0.717, 1.165) is 5.56 Å². The van der Waals surface area contributed by atoms with Crippen LogP contribution in [0.5, 0.6) is 11.5 Å². The molecule has 1 atom stereocenters. The largest absolute Gasteiger partial charge is 0.454 e. The van der Waals surface area contributed by atoms with Crippen molar-refractivity contribution in [2.24, 2.45) is 11.8 Å². The summed E-state index contributed by atoms with van der Waals surface area (Å²) in [6.07, 6.45) is 1.65. The van der Waals surface area contributed by atoms with E-state index in [1.54, 1.807) is 18.2 Å². The van der Waals surface area contributed by atoms with Crippen molar-refractivity contribution in [3.8, 4) is 11.5 Å². The highest BCUT2D eigenvalue weighted by Crippen LogP contribution is 2.32. The summed E-state index contributed by atoms with van der Waals surface area (Å²) in [7, 11) is 0. The van der Waals surface area contributed by atoms with Crippen molar-refractivity contribution in [2.45, 2.75) is 39.2 Å². The van der Waals surface area contributed by atoms with Crippen LogP contribution < -0.4 is 20.1 Å². The van der Waals surface area contributed by atoms with Gasteiger partial charge in [-0.05, 0) is 48.4 Å². The van der Waals surface area contributed by atoms with E-state index in [9.17, 15) is 14.4 Å². The first-order valence-electron chi connectivity index (χ1n) is 12.2. The summed E-state index contributed by atoms with van der Waals surface area (Å²) in [6, 6.07) is 14.0. The maximum absolute atomic E-state index is 13.1. The van der Waals surface area contributed by atoms with Gasteiger partial charge in [-0.15, -0.1) is 0 Å². The molecule has 0 spiro atoms. The van der Waals surface area contributed by atoms with Crippen molar-refractivity contribution in [1.29, 1.82) is 0 Å². The Hall–Kier alpha value is -3.55. The van der Waals surface area contributed by atoms with Crippen molar-refractivity contribution in [1.82, 2.24) is 15.5 Å². The maximum Gasteiger partial charge on any atom is 0.252 e. The smallest absolute Gasteiger partial charge is 0.252 e. The Morgan fingerprint density at radius 1 is 1.00 bits per heavy atom. The van der Waals surface area contributed by atoms with Crippen LogP contribution in [0.3, 0.4) is 0 Å². The number of hydrogen-bond acceptors (Lipinski definition) is 5. The Morgan fingerprint density at radius 3 is 2.43 bits per heavy atom. The van der Waals surface area contributed by atoms with Gasteiger partial charge in [-0.25, -0.2) is 0 Å². The van der Waals surface area contributed by atoms with E-state index < -0.39 is 6.04 Å². The topological polar surface area (TPSA) is 97.0 Å². The van der Waals surface area contributed by atoms with Crippen molar-refractivity contribution < 1.29 is 23.9 Å². The molecule has 8 nitrogen and oxygen atoms in total. The summed E-state index contributed by atoms with van der Waals surface area (Å²) >= 11 is 0.